The number of thiophene rings is 1. The molecule has 0 aliphatic carbocycles. The van der Waals surface area contributed by atoms with E-state index in [2.05, 4.69) is 15.5 Å². The van der Waals surface area contributed by atoms with E-state index in [0.29, 0.717) is 5.75 Å². The fraction of sp³-hybridized carbons (Fsp3) is 0.0625. The van der Waals surface area contributed by atoms with Crippen molar-refractivity contribution in [2.24, 2.45) is 5.10 Å². The van der Waals surface area contributed by atoms with Gasteiger partial charge in [0.1, 0.15) is 0 Å². The normalized spacial score (nSPS) is 11.1. The molecule has 0 fully saturated rings. The SMILES string of the molecule is O=C(CSc1cccc2cccnc12)N/N=C/c1ccsc1. The number of rotatable bonds is 5. The average Bonchev–Trinajstić information content (AvgIpc) is 3.06. The smallest absolute Gasteiger partial charge is 0.250 e. The monoisotopic (exact) mass is 327 g/mol. The Morgan fingerprint density at radius 2 is 2.23 bits per heavy atom. The van der Waals surface area contributed by atoms with Gasteiger partial charge in [-0.25, -0.2) is 5.43 Å². The van der Waals surface area contributed by atoms with E-state index < -0.39 is 0 Å². The molecule has 2 aromatic heterocycles. The number of benzene rings is 1. The zero-order chi connectivity index (χ0) is 15.2. The molecule has 3 rings (SSSR count). The number of para-hydroxylation sites is 1. The van der Waals surface area contributed by atoms with Gasteiger partial charge in [-0.1, -0.05) is 18.2 Å². The highest BCUT2D eigenvalue weighted by molar-refractivity contribution is 8.00. The number of hydrogen-bond donors (Lipinski definition) is 1. The number of amides is 1. The first-order chi connectivity index (χ1) is 10.8. The third-order valence-electron chi connectivity index (χ3n) is 2.90. The summed E-state index contributed by atoms with van der Waals surface area (Å²) in [5.74, 6) is 0.167. The van der Waals surface area contributed by atoms with Crippen molar-refractivity contribution >= 4 is 46.1 Å². The van der Waals surface area contributed by atoms with Crippen LogP contribution >= 0.6 is 23.1 Å². The molecule has 4 nitrogen and oxygen atoms in total. The summed E-state index contributed by atoms with van der Waals surface area (Å²) in [5.41, 5.74) is 4.44. The molecule has 0 aliphatic heterocycles. The van der Waals surface area contributed by atoms with Gasteiger partial charge in [0, 0.05) is 22.0 Å². The van der Waals surface area contributed by atoms with E-state index in [0.717, 1.165) is 21.4 Å². The second-order valence-corrected chi connectivity index (χ2v) is 6.27. The summed E-state index contributed by atoms with van der Waals surface area (Å²) in [4.78, 5) is 17.2. The number of aromatic nitrogens is 1. The van der Waals surface area contributed by atoms with E-state index in [-0.39, 0.29) is 5.91 Å². The van der Waals surface area contributed by atoms with E-state index in [1.807, 2.05) is 47.2 Å². The number of pyridine rings is 1. The molecule has 110 valence electrons. The molecule has 6 heteroatoms. The molecule has 1 aromatic carbocycles. The molecule has 0 radical (unpaired) electrons. The van der Waals surface area contributed by atoms with Crippen LogP contribution in [-0.4, -0.2) is 22.9 Å². The van der Waals surface area contributed by atoms with Crippen LogP contribution in [0, 0.1) is 0 Å². The molecule has 0 spiro atoms. The molecule has 0 aliphatic rings. The van der Waals surface area contributed by atoms with Crippen molar-refractivity contribution in [1.29, 1.82) is 0 Å². The van der Waals surface area contributed by atoms with Crippen LogP contribution in [0.4, 0.5) is 0 Å². The van der Waals surface area contributed by atoms with Crippen LogP contribution in [0.15, 0.2) is 63.4 Å². The van der Waals surface area contributed by atoms with Crippen molar-refractivity contribution in [3.8, 4) is 0 Å². The maximum atomic E-state index is 11.8. The van der Waals surface area contributed by atoms with Gasteiger partial charge in [0.15, 0.2) is 0 Å². The highest BCUT2D eigenvalue weighted by Crippen LogP contribution is 2.25. The number of hydrogen-bond acceptors (Lipinski definition) is 5. The summed E-state index contributed by atoms with van der Waals surface area (Å²) in [6.07, 6.45) is 3.40. The van der Waals surface area contributed by atoms with Gasteiger partial charge in [0.25, 0.3) is 0 Å². The summed E-state index contributed by atoms with van der Waals surface area (Å²) >= 11 is 3.05. The Morgan fingerprint density at radius 1 is 1.32 bits per heavy atom. The lowest BCUT2D eigenvalue weighted by Gasteiger charge is -2.04. The number of carbonyl (C=O) groups excluding carboxylic acids is 1. The second-order valence-electron chi connectivity index (χ2n) is 4.47. The molecular formula is C16H13N3OS2. The summed E-state index contributed by atoms with van der Waals surface area (Å²) in [6.45, 7) is 0. The van der Waals surface area contributed by atoms with Crippen molar-refractivity contribution in [2.45, 2.75) is 4.90 Å². The van der Waals surface area contributed by atoms with Crippen molar-refractivity contribution in [1.82, 2.24) is 10.4 Å². The third kappa shape index (κ3) is 3.72. The van der Waals surface area contributed by atoms with Crippen LogP contribution in [0.5, 0.6) is 0 Å². The van der Waals surface area contributed by atoms with E-state index >= 15 is 0 Å². The van der Waals surface area contributed by atoms with Crippen molar-refractivity contribution in [2.75, 3.05) is 5.75 Å². The second kappa shape index (κ2) is 7.20. The van der Waals surface area contributed by atoms with Gasteiger partial charge in [0.05, 0.1) is 17.5 Å². The molecule has 0 atom stereocenters. The van der Waals surface area contributed by atoms with Gasteiger partial charge in [-0.2, -0.15) is 16.4 Å². The van der Waals surface area contributed by atoms with Gasteiger partial charge in [0.2, 0.25) is 5.91 Å². The topological polar surface area (TPSA) is 54.4 Å². The van der Waals surface area contributed by atoms with Gasteiger partial charge in [-0.3, -0.25) is 9.78 Å². The summed E-state index contributed by atoms with van der Waals surface area (Å²) in [5, 5.41) is 8.94. The molecule has 0 unspecified atom stereocenters. The van der Waals surface area contributed by atoms with Gasteiger partial charge < -0.3 is 0 Å². The zero-order valence-corrected chi connectivity index (χ0v) is 13.2. The van der Waals surface area contributed by atoms with Crippen molar-refractivity contribution in [3.05, 3.63) is 58.9 Å². The Hall–Kier alpha value is -2.18. The molecule has 1 N–H and O–H groups in total. The Morgan fingerprint density at radius 3 is 3.09 bits per heavy atom. The Kier molecular flexibility index (Phi) is 4.82. The number of hydrazone groups is 1. The Bertz CT molecular complexity index is 795. The van der Waals surface area contributed by atoms with E-state index in [1.165, 1.54) is 11.8 Å². The maximum absolute atomic E-state index is 11.8. The predicted molar refractivity (Wildman–Crippen MR) is 92.5 cm³/mol. The minimum atomic E-state index is -0.135. The van der Waals surface area contributed by atoms with Gasteiger partial charge in [-0.15, -0.1) is 11.8 Å². The quantitative estimate of drug-likeness (QED) is 0.443. The first-order valence-electron chi connectivity index (χ1n) is 6.63. The minimum Gasteiger partial charge on any atom is -0.272 e. The Labute approximate surface area is 136 Å². The lowest BCUT2D eigenvalue weighted by molar-refractivity contribution is -0.118. The van der Waals surface area contributed by atoms with E-state index in [1.54, 1.807) is 23.7 Å². The molecular weight excluding hydrogens is 314 g/mol. The minimum absolute atomic E-state index is 0.135. The van der Waals surface area contributed by atoms with Crippen LogP contribution in [0.1, 0.15) is 5.56 Å². The lowest BCUT2D eigenvalue weighted by atomic mass is 10.2. The van der Waals surface area contributed by atoms with E-state index in [9.17, 15) is 4.79 Å². The molecule has 3 aromatic rings. The van der Waals surface area contributed by atoms with Crippen LogP contribution in [-0.2, 0) is 4.79 Å². The predicted octanol–water partition coefficient (Wildman–Crippen LogP) is 3.54. The van der Waals surface area contributed by atoms with Crippen LogP contribution in [0.25, 0.3) is 10.9 Å². The largest absolute Gasteiger partial charge is 0.272 e. The fourth-order valence-electron chi connectivity index (χ4n) is 1.90. The number of nitrogens with zero attached hydrogens (tertiary/aromatic N) is 2. The highest BCUT2D eigenvalue weighted by Gasteiger charge is 2.05. The first-order valence-corrected chi connectivity index (χ1v) is 8.56. The van der Waals surface area contributed by atoms with Crippen molar-refractivity contribution in [3.63, 3.8) is 0 Å². The third-order valence-corrected chi connectivity index (χ3v) is 4.65. The highest BCUT2D eigenvalue weighted by atomic mass is 32.2. The Balaban J connectivity index is 1.58. The standard InChI is InChI=1S/C16H13N3OS2/c20-15(19-18-9-12-6-8-21-10-12)11-22-14-5-1-3-13-4-2-7-17-16(13)14/h1-10H,11H2,(H,19,20)/b18-9+. The molecule has 0 bridgehead atoms. The number of fused-ring (bicyclic) bond motifs is 1. The van der Waals surface area contributed by atoms with E-state index in [4.69, 9.17) is 0 Å². The number of nitrogens with one attached hydrogen (secondary N) is 1. The summed E-state index contributed by atoms with van der Waals surface area (Å²) in [7, 11) is 0. The molecule has 22 heavy (non-hydrogen) atoms. The van der Waals surface area contributed by atoms with Gasteiger partial charge in [-0.05, 0) is 29.0 Å². The fourth-order valence-corrected chi connectivity index (χ4v) is 3.34. The van der Waals surface area contributed by atoms with Crippen LogP contribution < -0.4 is 5.43 Å². The number of carbonyl (C=O) groups is 1. The van der Waals surface area contributed by atoms with Gasteiger partial charge >= 0.3 is 0 Å². The van der Waals surface area contributed by atoms with Crippen LogP contribution in [0.3, 0.4) is 0 Å². The number of thioether (sulfide) groups is 1. The average molecular weight is 327 g/mol. The van der Waals surface area contributed by atoms with Crippen LogP contribution in [0.2, 0.25) is 0 Å². The molecule has 0 saturated heterocycles. The summed E-state index contributed by atoms with van der Waals surface area (Å²) in [6, 6.07) is 11.8. The lowest BCUT2D eigenvalue weighted by Crippen LogP contribution is -2.19. The first kappa shape index (κ1) is 14.7. The molecule has 1 amide bonds. The van der Waals surface area contributed by atoms with Crippen molar-refractivity contribution < 1.29 is 4.79 Å². The molecule has 0 saturated carbocycles. The molecule has 2 heterocycles. The summed E-state index contributed by atoms with van der Waals surface area (Å²) < 4.78 is 0. The maximum Gasteiger partial charge on any atom is 0.250 e. The zero-order valence-electron chi connectivity index (χ0n) is 11.6.